The van der Waals surface area contributed by atoms with E-state index in [9.17, 15) is 4.79 Å². The summed E-state index contributed by atoms with van der Waals surface area (Å²) < 4.78 is 22.4. The highest BCUT2D eigenvalue weighted by molar-refractivity contribution is 6.41. The number of ketones is 1. The fraction of sp³-hybridized carbons (Fsp3) is 0.448. The van der Waals surface area contributed by atoms with E-state index >= 15 is 0 Å². The van der Waals surface area contributed by atoms with Gasteiger partial charge in [0.05, 0.1) is 60.3 Å². The topological polar surface area (TPSA) is 117 Å². The highest BCUT2D eigenvalue weighted by atomic mass is 35.5. The van der Waals surface area contributed by atoms with Crippen molar-refractivity contribution in [2.45, 2.75) is 37.8 Å². The van der Waals surface area contributed by atoms with E-state index in [0.717, 1.165) is 31.3 Å². The Kier molecular flexibility index (Phi) is 9.44. The van der Waals surface area contributed by atoms with Crippen molar-refractivity contribution in [3.8, 4) is 22.9 Å². The van der Waals surface area contributed by atoms with E-state index in [-0.39, 0.29) is 33.9 Å². The second-order valence-electron chi connectivity index (χ2n) is 10.0. The van der Waals surface area contributed by atoms with E-state index in [1.165, 1.54) is 20.3 Å². The Hall–Kier alpha value is -3.18. The van der Waals surface area contributed by atoms with Gasteiger partial charge in [0, 0.05) is 37.6 Å². The van der Waals surface area contributed by atoms with E-state index in [1.54, 1.807) is 12.3 Å². The Morgan fingerprint density at radius 1 is 1.15 bits per heavy atom. The first-order valence-electron chi connectivity index (χ1n) is 13.5. The van der Waals surface area contributed by atoms with Gasteiger partial charge in [0.25, 0.3) is 0 Å². The van der Waals surface area contributed by atoms with E-state index in [0.29, 0.717) is 66.2 Å². The number of anilines is 2. The largest absolute Gasteiger partial charge is 0.495 e. The molecule has 0 saturated carbocycles. The molecule has 0 spiro atoms. The summed E-state index contributed by atoms with van der Waals surface area (Å²) >= 11 is 13.4. The lowest BCUT2D eigenvalue weighted by atomic mass is 9.89. The number of nitrogens with zero attached hydrogens (tertiary/aromatic N) is 3. The van der Waals surface area contributed by atoms with Crippen LogP contribution in [0.25, 0.3) is 22.3 Å². The van der Waals surface area contributed by atoms with Gasteiger partial charge < -0.3 is 29.6 Å². The number of fused-ring (bicyclic) bond motifs is 1. The van der Waals surface area contributed by atoms with Crippen molar-refractivity contribution in [1.29, 1.82) is 0 Å². The Balaban J connectivity index is 1.54. The predicted octanol–water partition coefficient (Wildman–Crippen LogP) is 5.57. The molecule has 0 bridgehead atoms. The fourth-order valence-electron chi connectivity index (χ4n) is 5.17. The van der Waals surface area contributed by atoms with Crippen LogP contribution in [0.5, 0.6) is 11.5 Å². The molecule has 2 aliphatic heterocycles. The van der Waals surface area contributed by atoms with Gasteiger partial charge in [-0.3, -0.25) is 4.79 Å². The number of benzene rings is 1. The number of allylic oxidation sites excluding steroid dienone is 1. The van der Waals surface area contributed by atoms with E-state index in [4.69, 9.17) is 52.1 Å². The maximum atomic E-state index is 12.1. The zero-order valence-electron chi connectivity index (χ0n) is 23.0. The highest BCUT2D eigenvalue weighted by Crippen LogP contribution is 2.45. The lowest BCUT2D eigenvalue weighted by Gasteiger charge is -2.32. The molecular weight excluding hydrogens is 569 g/mol. The minimum atomic E-state index is -0.0806. The molecule has 1 unspecified atom stereocenters. The SMILES string of the molecule is C=CC(=O)C[C@H]1CCOC[C@H]1Nc1cc2c(NCC3CCCO3)nc(-c3c(Cl)c(OC)cc(OC)c3Cl)nc2cn1. The van der Waals surface area contributed by atoms with Gasteiger partial charge in [-0.15, -0.1) is 0 Å². The molecule has 0 radical (unpaired) electrons. The number of aromatic nitrogens is 3. The van der Waals surface area contributed by atoms with Crippen molar-refractivity contribution >= 4 is 51.5 Å². The number of halogens is 2. The van der Waals surface area contributed by atoms with Crippen LogP contribution in [0.15, 0.2) is 31.0 Å². The Labute approximate surface area is 248 Å². The molecule has 2 aromatic heterocycles. The third-order valence-electron chi connectivity index (χ3n) is 7.42. The maximum Gasteiger partial charge on any atom is 0.165 e. The summed E-state index contributed by atoms with van der Waals surface area (Å²) in [7, 11) is 3.03. The number of ether oxygens (including phenoxy) is 4. The standard InChI is InChI=1S/C29H33Cl2N5O5/c1-4-17(37)10-16-7-9-40-15-21(16)34-24-11-19-20(14-32-24)35-29(36-28(19)33-13-18-6-5-8-41-18)25-26(30)22(38-2)12-23(39-3)27(25)31/h4,11-12,14,16,18,21H,1,5-10,13,15H2,2-3H3,(H,32,34)(H,33,35,36)/t16-,18?,21-/m1/s1. The molecule has 2 N–H and O–H groups in total. The molecule has 1 aromatic carbocycles. The van der Waals surface area contributed by atoms with E-state index in [2.05, 4.69) is 22.2 Å². The Bertz CT molecular complexity index is 1400. The maximum absolute atomic E-state index is 12.1. The normalized spacial score (nSPS) is 20.5. The summed E-state index contributed by atoms with van der Waals surface area (Å²) in [4.78, 5) is 26.4. The van der Waals surface area contributed by atoms with Crippen molar-refractivity contribution in [3.05, 3.63) is 41.0 Å². The summed E-state index contributed by atoms with van der Waals surface area (Å²) in [6, 6.07) is 3.44. The molecule has 5 rings (SSSR count). The number of hydrogen-bond donors (Lipinski definition) is 2. The van der Waals surface area contributed by atoms with Crippen LogP contribution < -0.4 is 20.1 Å². The summed E-state index contributed by atoms with van der Waals surface area (Å²) in [5.41, 5.74) is 0.977. The third kappa shape index (κ3) is 6.51. The monoisotopic (exact) mass is 601 g/mol. The molecule has 10 nitrogen and oxygen atoms in total. The molecular formula is C29H33Cl2N5O5. The fourth-order valence-corrected chi connectivity index (χ4v) is 5.84. The average molecular weight is 603 g/mol. The summed E-state index contributed by atoms with van der Waals surface area (Å²) in [5.74, 6) is 2.40. The van der Waals surface area contributed by atoms with E-state index < -0.39 is 0 Å². The third-order valence-corrected chi connectivity index (χ3v) is 8.17. The van der Waals surface area contributed by atoms with Gasteiger partial charge in [0.1, 0.15) is 23.1 Å². The number of carbonyl (C=O) groups is 1. The summed E-state index contributed by atoms with van der Waals surface area (Å²) in [6.07, 6.45) is 6.30. The molecule has 3 aromatic rings. The quantitative estimate of drug-likeness (QED) is 0.270. The van der Waals surface area contributed by atoms with Crippen LogP contribution in [0.1, 0.15) is 25.7 Å². The molecule has 41 heavy (non-hydrogen) atoms. The van der Waals surface area contributed by atoms with E-state index in [1.807, 2.05) is 6.07 Å². The van der Waals surface area contributed by atoms with Gasteiger partial charge >= 0.3 is 0 Å². The van der Waals surface area contributed by atoms with Crippen molar-refractivity contribution in [3.63, 3.8) is 0 Å². The van der Waals surface area contributed by atoms with Crippen molar-refractivity contribution in [2.24, 2.45) is 5.92 Å². The van der Waals surface area contributed by atoms with Crippen LogP contribution in [0.4, 0.5) is 11.6 Å². The smallest absolute Gasteiger partial charge is 0.165 e. The van der Waals surface area contributed by atoms with Crippen molar-refractivity contribution in [2.75, 3.05) is 51.2 Å². The number of methoxy groups -OCH3 is 2. The first-order valence-corrected chi connectivity index (χ1v) is 14.3. The molecule has 2 saturated heterocycles. The summed E-state index contributed by atoms with van der Waals surface area (Å²) in [6.45, 7) is 6.02. The lowest BCUT2D eigenvalue weighted by Crippen LogP contribution is -2.39. The molecule has 4 heterocycles. The van der Waals surface area contributed by atoms with Crippen LogP contribution in [0.3, 0.4) is 0 Å². The predicted molar refractivity (Wildman–Crippen MR) is 160 cm³/mol. The van der Waals surface area contributed by atoms with Crippen LogP contribution in [-0.2, 0) is 14.3 Å². The molecule has 0 aliphatic carbocycles. The Morgan fingerprint density at radius 2 is 1.93 bits per heavy atom. The zero-order valence-corrected chi connectivity index (χ0v) is 24.6. The highest BCUT2D eigenvalue weighted by Gasteiger charge is 2.28. The number of carbonyl (C=O) groups excluding carboxylic acids is 1. The number of pyridine rings is 1. The number of rotatable bonds is 11. The van der Waals surface area contributed by atoms with Crippen LogP contribution in [0, 0.1) is 5.92 Å². The zero-order chi connectivity index (χ0) is 28.9. The van der Waals surface area contributed by atoms with Gasteiger partial charge in [0.15, 0.2) is 11.6 Å². The van der Waals surface area contributed by atoms with Gasteiger partial charge in [0.2, 0.25) is 0 Å². The van der Waals surface area contributed by atoms with Crippen molar-refractivity contribution in [1.82, 2.24) is 15.0 Å². The minimum absolute atomic E-state index is 0.0169. The molecule has 3 atom stereocenters. The average Bonchev–Trinajstić information content (AvgIpc) is 3.51. The molecule has 2 fully saturated rings. The molecule has 2 aliphatic rings. The Morgan fingerprint density at radius 3 is 2.61 bits per heavy atom. The van der Waals surface area contributed by atoms with Gasteiger partial charge in [-0.2, -0.15) is 0 Å². The number of nitrogens with one attached hydrogen (secondary N) is 2. The molecule has 0 amide bonds. The van der Waals surface area contributed by atoms with Crippen LogP contribution in [0.2, 0.25) is 10.0 Å². The molecule has 12 heteroatoms. The molecule has 218 valence electrons. The van der Waals surface area contributed by atoms with Gasteiger partial charge in [-0.1, -0.05) is 29.8 Å². The second kappa shape index (κ2) is 13.2. The first kappa shape index (κ1) is 29.3. The minimum Gasteiger partial charge on any atom is -0.495 e. The van der Waals surface area contributed by atoms with Gasteiger partial charge in [-0.25, -0.2) is 15.0 Å². The first-order chi connectivity index (χ1) is 19.9. The number of hydrogen-bond acceptors (Lipinski definition) is 10. The summed E-state index contributed by atoms with van der Waals surface area (Å²) in [5, 5.41) is 8.21. The second-order valence-corrected chi connectivity index (χ2v) is 10.8. The van der Waals surface area contributed by atoms with Crippen LogP contribution in [-0.4, -0.2) is 73.5 Å². The van der Waals surface area contributed by atoms with Gasteiger partial charge in [-0.05, 0) is 37.3 Å². The van der Waals surface area contributed by atoms with Crippen LogP contribution >= 0.6 is 23.2 Å². The van der Waals surface area contributed by atoms with Crippen molar-refractivity contribution < 1.29 is 23.7 Å². The lowest BCUT2D eigenvalue weighted by molar-refractivity contribution is -0.116.